The number of hydrogen-bond donors (Lipinski definition) is 0. The smallest absolute Gasteiger partial charge is 0.171 e. The van der Waals surface area contributed by atoms with E-state index in [1.165, 1.54) is 0 Å². The molecule has 0 atom stereocenters. The molecular weight excluding hydrogens is 301 g/mol. The zero-order valence-corrected chi connectivity index (χ0v) is 12.0. The van der Waals surface area contributed by atoms with E-state index in [1.807, 2.05) is 60.7 Å². The molecular formula is C12H10Cl3V-2. The summed E-state index contributed by atoms with van der Waals surface area (Å²) < 4.78 is 0. The van der Waals surface area contributed by atoms with Crippen LogP contribution in [0, 0.1) is 12.1 Å². The van der Waals surface area contributed by atoms with Gasteiger partial charge >= 0.3 is 41.8 Å². The molecule has 0 spiro atoms. The first-order chi connectivity index (χ1) is 7.73. The van der Waals surface area contributed by atoms with E-state index >= 15 is 0 Å². The molecule has 0 saturated heterocycles. The van der Waals surface area contributed by atoms with Gasteiger partial charge in [0.1, 0.15) is 0 Å². The third kappa shape index (κ3) is 16.3. The first kappa shape index (κ1) is 15.9. The van der Waals surface area contributed by atoms with Crippen molar-refractivity contribution in [2.45, 2.75) is 0 Å². The number of halogens is 3. The number of rotatable bonds is 0. The first-order valence-corrected chi connectivity index (χ1v) is 10.1. The summed E-state index contributed by atoms with van der Waals surface area (Å²) in [6.45, 7) is 0. The Morgan fingerprint density at radius 1 is 0.562 bits per heavy atom. The zero-order valence-electron chi connectivity index (χ0n) is 8.35. The molecule has 0 amide bonds. The monoisotopic (exact) mass is 310 g/mol. The summed E-state index contributed by atoms with van der Waals surface area (Å²) in [6.07, 6.45) is 0. The van der Waals surface area contributed by atoms with E-state index in [0.717, 1.165) is 0 Å². The third-order valence-corrected chi connectivity index (χ3v) is 1.21. The summed E-state index contributed by atoms with van der Waals surface area (Å²) in [5.74, 6) is 0. The Kier molecular flexibility index (Phi) is 12.9. The molecule has 0 aliphatic rings. The Hall–Kier alpha value is -0.106. The zero-order chi connectivity index (χ0) is 12.1. The standard InChI is InChI=1S/2C6H5.3ClH.V/c2*1-2-4-6-5-3-1;;;;/h2*1-5H;3*1H;/q2*-1;;;;+3/p-3. The van der Waals surface area contributed by atoms with Gasteiger partial charge in [0.2, 0.25) is 0 Å². The maximum atomic E-state index is 4.95. The maximum absolute atomic E-state index is 4.95. The van der Waals surface area contributed by atoms with Crippen molar-refractivity contribution < 1.29 is 12.3 Å². The second-order valence-corrected chi connectivity index (χ2v) is 9.27. The van der Waals surface area contributed by atoms with E-state index in [9.17, 15) is 0 Å². The fourth-order valence-electron chi connectivity index (χ4n) is 0.684. The molecule has 16 heavy (non-hydrogen) atoms. The summed E-state index contributed by atoms with van der Waals surface area (Å²) in [5, 5.41) is 0. The van der Waals surface area contributed by atoms with Crippen molar-refractivity contribution in [3.63, 3.8) is 0 Å². The van der Waals surface area contributed by atoms with Crippen molar-refractivity contribution >= 4 is 29.5 Å². The molecule has 0 aliphatic carbocycles. The van der Waals surface area contributed by atoms with Crippen LogP contribution in [0.25, 0.3) is 0 Å². The number of hydrogen-bond acceptors (Lipinski definition) is 0. The Balaban J connectivity index is 0.000000217. The van der Waals surface area contributed by atoms with Gasteiger partial charge in [-0.25, -0.2) is 0 Å². The van der Waals surface area contributed by atoms with E-state index in [-0.39, 0.29) is 0 Å². The van der Waals surface area contributed by atoms with Crippen molar-refractivity contribution in [1.82, 2.24) is 0 Å². The minimum Gasteiger partial charge on any atom is -0.184 e. The van der Waals surface area contributed by atoms with Gasteiger partial charge in [-0.1, -0.05) is 0 Å². The normalized spacial score (nSPS) is 8.25. The van der Waals surface area contributed by atoms with Gasteiger partial charge in [-0.05, 0) is 0 Å². The van der Waals surface area contributed by atoms with Gasteiger partial charge in [0.25, 0.3) is 0 Å². The predicted molar refractivity (Wildman–Crippen MR) is 68.1 cm³/mol. The Bertz CT molecular complexity index is 226. The molecule has 0 radical (unpaired) electrons. The fourth-order valence-corrected chi connectivity index (χ4v) is 0.684. The van der Waals surface area contributed by atoms with Crippen molar-refractivity contribution in [2.75, 3.05) is 0 Å². The molecule has 0 aliphatic heterocycles. The van der Waals surface area contributed by atoms with Gasteiger partial charge in [-0.3, -0.25) is 0 Å². The molecule has 0 bridgehead atoms. The van der Waals surface area contributed by atoms with Crippen molar-refractivity contribution in [3.05, 3.63) is 72.8 Å². The van der Waals surface area contributed by atoms with Crippen LogP contribution in [0.5, 0.6) is 0 Å². The molecule has 2 rings (SSSR count). The Morgan fingerprint density at radius 2 is 0.812 bits per heavy atom. The second-order valence-electron chi connectivity index (χ2n) is 2.35. The summed E-state index contributed by atoms with van der Waals surface area (Å²) in [4.78, 5) is 0. The number of benzene rings is 2. The van der Waals surface area contributed by atoms with Crippen LogP contribution in [0.15, 0.2) is 60.7 Å². The molecule has 0 N–H and O–H groups in total. The van der Waals surface area contributed by atoms with E-state index < -0.39 is 12.3 Å². The molecule has 0 fully saturated rings. The van der Waals surface area contributed by atoms with E-state index in [4.69, 9.17) is 29.5 Å². The van der Waals surface area contributed by atoms with Crippen molar-refractivity contribution in [3.8, 4) is 0 Å². The minimum atomic E-state index is -1.77. The van der Waals surface area contributed by atoms with Gasteiger partial charge in [0, 0.05) is 0 Å². The van der Waals surface area contributed by atoms with Crippen LogP contribution in [-0.2, 0) is 12.3 Å². The third-order valence-electron chi connectivity index (χ3n) is 1.21. The van der Waals surface area contributed by atoms with Gasteiger partial charge < -0.3 is 0 Å². The summed E-state index contributed by atoms with van der Waals surface area (Å²) in [6, 6.07) is 25.0. The summed E-state index contributed by atoms with van der Waals surface area (Å²) in [7, 11) is 14.9. The molecule has 4 heteroatoms. The largest absolute Gasteiger partial charge is 0.184 e. The second kappa shape index (κ2) is 13.0. The first-order valence-electron chi connectivity index (χ1n) is 4.33. The van der Waals surface area contributed by atoms with E-state index in [2.05, 4.69) is 12.1 Å². The molecule has 0 unspecified atom stereocenters. The van der Waals surface area contributed by atoms with Crippen LogP contribution in [0.4, 0.5) is 0 Å². The average molecular weight is 312 g/mol. The van der Waals surface area contributed by atoms with Crippen molar-refractivity contribution in [2.24, 2.45) is 0 Å². The molecule has 86 valence electrons. The molecule has 2 aromatic carbocycles. The predicted octanol–water partition coefficient (Wildman–Crippen LogP) is 5.04. The van der Waals surface area contributed by atoms with Gasteiger partial charge in [0.15, 0.2) is 0 Å². The summed E-state index contributed by atoms with van der Waals surface area (Å²) >= 11 is -1.77. The van der Waals surface area contributed by atoms with Crippen LogP contribution in [0.1, 0.15) is 0 Å². The van der Waals surface area contributed by atoms with Crippen LogP contribution in [0.2, 0.25) is 0 Å². The van der Waals surface area contributed by atoms with Gasteiger partial charge in [-0.2, -0.15) is 72.8 Å². The minimum absolute atomic E-state index is 1.77. The van der Waals surface area contributed by atoms with Crippen LogP contribution in [0.3, 0.4) is 0 Å². The van der Waals surface area contributed by atoms with Crippen LogP contribution >= 0.6 is 29.5 Å². The summed E-state index contributed by atoms with van der Waals surface area (Å²) in [5.41, 5.74) is 0. The van der Waals surface area contributed by atoms with E-state index in [1.54, 1.807) is 0 Å². The van der Waals surface area contributed by atoms with E-state index in [0.29, 0.717) is 0 Å². The Labute approximate surface area is 114 Å². The maximum Gasteiger partial charge on any atom is -0.171 e. The molecule has 0 saturated carbocycles. The molecule has 0 aromatic heterocycles. The molecule has 2 aromatic rings. The van der Waals surface area contributed by atoms with Crippen LogP contribution in [-0.4, -0.2) is 0 Å². The quantitative estimate of drug-likeness (QED) is 0.598. The molecule has 0 nitrogen and oxygen atoms in total. The van der Waals surface area contributed by atoms with Gasteiger partial charge in [-0.15, -0.1) is 0 Å². The van der Waals surface area contributed by atoms with Gasteiger partial charge in [0.05, 0.1) is 0 Å². The van der Waals surface area contributed by atoms with Crippen molar-refractivity contribution in [1.29, 1.82) is 0 Å². The SMILES string of the molecule is [Cl][V]([Cl])[Cl].[c-]1ccccc1.[c-]1ccccc1. The fraction of sp³-hybridized carbons (Fsp3) is 0. The topological polar surface area (TPSA) is 0 Å². The average Bonchev–Trinajstić information content (AvgIpc) is 2.34. The van der Waals surface area contributed by atoms with Crippen LogP contribution < -0.4 is 0 Å². The Morgan fingerprint density at radius 3 is 0.875 bits per heavy atom. The molecule has 0 heterocycles.